The van der Waals surface area contributed by atoms with Crippen LogP contribution in [0.25, 0.3) is 0 Å². The van der Waals surface area contributed by atoms with E-state index < -0.39 is 6.09 Å². The number of carbonyl (C=O) groups is 2. The van der Waals surface area contributed by atoms with Gasteiger partial charge in [0.25, 0.3) is 5.91 Å². The first-order valence-corrected chi connectivity index (χ1v) is 9.04. The quantitative estimate of drug-likeness (QED) is 0.875. The number of methoxy groups -OCH3 is 1. The van der Waals surface area contributed by atoms with Crippen molar-refractivity contribution in [3.63, 3.8) is 0 Å². The SMILES string of the molecule is COC(=O)NC1CCN(c2ccccc2C(=O)N(C)Cc2ccco2)CC1. The van der Waals surface area contributed by atoms with Crippen molar-refractivity contribution in [1.29, 1.82) is 0 Å². The maximum Gasteiger partial charge on any atom is 0.407 e. The van der Waals surface area contributed by atoms with Gasteiger partial charge in [-0.15, -0.1) is 0 Å². The second kappa shape index (κ2) is 8.62. The molecule has 0 atom stereocenters. The van der Waals surface area contributed by atoms with Crippen LogP contribution in [0.1, 0.15) is 29.0 Å². The number of benzene rings is 1. The summed E-state index contributed by atoms with van der Waals surface area (Å²) in [4.78, 5) is 28.2. The normalized spacial score (nSPS) is 14.7. The lowest BCUT2D eigenvalue weighted by Gasteiger charge is -2.35. The third-order valence-electron chi connectivity index (χ3n) is 4.80. The summed E-state index contributed by atoms with van der Waals surface area (Å²) in [7, 11) is 3.14. The van der Waals surface area contributed by atoms with Crippen LogP contribution in [0, 0.1) is 0 Å². The molecular weight excluding hydrogens is 346 g/mol. The summed E-state index contributed by atoms with van der Waals surface area (Å²) in [5, 5.41) is 2.85. The predicted molar refractivity (Wildman–Crippen MR) is 102 cm³/mol. The molecule has 2 heterocycles. The van der Waals surface area contributed by atoms with Gasteiger partial charge in [-0.2, -0.15) is 0 Å². The van der Waals surface area contributed by atoms with Gasteiger partial charge >= 0.3 is 6.09 Å². The van der Waals surface area contributed by atoms with Crippen molar-refractivity contribution in [2.45, 2.75) is 25.4 Å². The molecule has 0 aliphatic carbocycles. The fourth-order valence-electron chi connectivity index (χ4n) is 3.33. The minimum atomic E-state index is -0.399. The van der Waals surface area contributed by atoms with Crippen molar-refractivity contribution in [3.05, 3.63) is 54.0 Å². The summed E-state index contributed by atoms with van der Waals surface area (Å²) in [6, 6.07) is 11.4. The van der Waals surface area contributed by atoms with Gasteiger partial charge in [-0.1, -0.05) is 12.1 Å². The number of ether oxygens (including phenoxy) is 1. The molecule has 0 bridgehead atoms. The fraction of sp³-hybridized carbons (Fsp3) is 0.400. The number of hydrogen-bond acceptors (Lipinski definition) is 5. The molecule has 1 saturated heterocycles. The van der Waals surface area contributed by atoms with Crippen LogP contribution in [0.5, 0.6) is 0 Å². The lowest BCUT2D eigenvalue weighted by atomic mass is 10.0. The van der Waals surface area contributed by atoms with Crippen LogP contribution in [0.2, 0.25) is 0 Å². The van der Waals surface area contributed by atoms with Crippen LogP contribution in [0.3, 0.4) is 0 Å². The Balaban J connectivity index is 1.67. The Morgan fingerprint density at radius 2 is 1.96 bits per heavy atom. The Bertz CT molecular complexity index is 767. The maximum absolute atomic E-state index is 13.0. The molecular formula is C20H25N3O4. The summed E-state index contributed by atoms with van der Waals surface area (Å²) in [6.07, 6.45) is 2.82. The fourth-order valence-corrected chi connectivity index (χ4v) is 3.33. The molecule has 0 radical (unpaired) electrons. The first-order chi connectivity index (χ1) is 13.1. The van der Waals surface area contributed by atoms with E-state index in [-0.39, 0.29) is 11.9 Å². The molecule has 1 aliphatic rings. The molecule has 7 heteroatoms. The molecule has 1 aromatic carbocycles. The Kier molecular flexibility index (Phi) is 6.01. The predicted octanol–water partition coefficient (Wildman–Crippen LogP) is 2.88. The van der Waals surface area contributed by atoms with Crippen molar-refractivity contribution in [3.8, 4) is 0 Å². The second-order valence-corrected chi connectivity index (χ2v) is 6.65. The largest absolute Gasteiger partial charge is 0.467 e. The molecule has 3 rings (SSSR count). The molecule has 144 valence electrons. The Labute approximate surface area is 158 Å². The smallest absolute Gasteiger partial charge is 0.407 e. The first-order valence-electron chi connectivity index (χ1n) is 9.04. The molecule has 1 aliphatic heterocycles. The van der Waals surface area contributed by atoms with E-state index in [4.69, 9.17) is 4.42 Å². The van der Waals surface area contributed by atoms with E-state index in [0.29, 0.717) is 12.1 Å². The molecule has 27 heavy (non-hydrogen) atoms. The number of alkyl carbamates (subject to hydrolysis) is 1. The molecule has 2 aromatic rings. The van der Waals surface area contributed by atoms with E-state index in [1.807, 2.05) is 36.4 Å². The minimum absolute atomic E-state index is 0.0446. The van der Waals surface area contributed by atoms with Crippen molar-refractivity contribution >= 4 is 17.7 Å². The van der Waals surface area contributed by atoms with Crippen molar-refractivity contribution in [1.82, 2.24) is 10.2 Å². The number of amides is 2. The number of nitrogens with one attached hydrogen (secondary N) is 1. The highest BCUT2D eigenvalue weighted by molar-refractivity contribution is 5.99. The van der Waals surface area contributed by atoms with Crippen LogP contribution in [-0.4, -0.2) is 50.2 Å². The number of hydrogen-bond donors (Lipinski definition) is 1. The number of anilines is 1. The molecule has 0 saturated carbocycles. The van der Waals surface area contributed by atoms with E-state index in [9.17, 15) is 9.59 Å². The summed E-state index contributed by atoms with van der Waals surface area (Å²) in [5.74, 6) is 0.704. The van der Waals surface area contributed by atoms with E-state index >= 15 is 0 Å². The van der Waals surface area contributed by atoms with E-state index in [1.165, 1.54) is 7.11 Å². The third kappa shape index (κ3) is 4.61. The highest BCUT2D eigenvalue weighted by Crippen LogP contribution is 2.25. The summed E-state index contributed by atoms with van der Waals surface area (Å²) < 4.78 is 10.0. The van der Waals surface area contributed by atoms with Crippen LogP contribution < -0.4 is 10.2 Å². The van der Waals surface area contributed by atoms with Crippen LogP contribution >= 0.6 is 0 Å². The van der Waals surface area contributed by atoms with Gasteiger partial charge in [0.1, 0.15) is 5.76 Å². The summed E-state index contributed by atoms with van der Waals surface area (Å²) in [5.41, 5.74) is 1.59. The summed E-state index contributed by atoms with van der Waals surface area (Å²) >= 11 is 0. The Morgan fingerprint density at radius 1 is 1.22 bits per heavy atom. The number of rotatable bonds is 5. The summed E-state index contributed by atoms with van der Waals surface area (Å²) in [6.45, 7) is 1.95. The first kappa shape index (κ1) is 18.8. The zero-order chi connectivity index (χ0) is 19.2. The van der Waals surface area contributed by atoms with Gasteiger partial charge in [0.15, 0.2) is 0 Å². The zero-order valence-corrected chi connectivity index (χ0v) is 15.7. The average molecular weight is 371 g/mol. The van der Waals surface area contributed by atoms with Gasteiger partial charge in [0, 0.05) is 31.9 Å². The second-order valence-electron chi connectivity index (χ2n) is 6.65. The maximum atomic E-state index is 13.0. The molecule has 7 nitrogen and oxygen atoms in total. The number of piperidine rings is 1. The number of nitrogens with zero attached hydrogens (tertiary/aromatic N) is 2. The molecule has 0 unspecified atom stereocenters. The number of carbonyl (C=O) groups excluding carboxylic acids is 2. The topological polar surface area (TPSA) is 75.0 Å². The molecule has 2 amide bonds. The van der Waals surface area contributed by atoms with Gasteiger partial charge in [0.2, 0.25) is 0 Å². The van der Waals surface area contributed by atoms with Gasteiger partial charge in [-0.3, -0.25) is 4.79 Å². The van der Waals surface area contributed by atoms with Crippen molar-refractivity contribution in [2.75, 3.05) is 32.1 Å². The van der Waals surface area contributed by atoms with Crippen LogP contribution in [0.15, 0.2) is 47.1 Å². The third-order valence-corrected chi connectivity index (χ3v) is 4.80. The zero-order valence-electron chi connectivity index (χ0n) is 15.7. The highest BCUT2D eigenvalue weighted by Gasteiger charge is 2.25. The van der Waals surface area contributed by atoms with Crippen molar-refractivity contribution in [2.24, 2.45) is 0 Å². The highest BCUT2D eigenvalue weighted by atomic mass is 16.5. The molecule has 1 fully saturated rings. The lowest BCUT2D eigenvalue weighted by Crippen LogP contribution is -2.45. The van der Waals surface area contributed by atoms with E-state index in [0.717, 1.165) is 37.4 Å². The molecule has 0 spiro atoms. The van der Waals surface area contributed by atoms with Gasteiger partial charge in [-0.05, 0) is 37.1 Å². The Hall–Kier alpha value is -2.96. The minimum Gasteiger partial charge on any atom is -0.467 e. The van der Waals surface area contributed by atoms with Gasteiger partial charge in [-0.25, -0.2) is 4.79 Å². The van der Waals surface area contributed by atoms with Gasteiger partial charge < -0.3 is 24.3 Å². The average Bonchev–Trinajstić information content (AvgIpc) is 3.21. The van der Waals surface area contributed by atoms with Gasteiger partial charge in [0.05, 0.1) is 25.5 Å². The van der Waals surface area contributed by atoms with Crippen LogP contribution in [-0.2, 0) is 11.3 Å². The molecule has 1 aromatic heterocycles. The van der Waals surface area contributed by atoms with E-state index in [1.54, 1.807) is 18.2 Å². The van der Waals surface area contributed by atoms with Crippen molar-refractivity contribution < 1.29 is 18.7 Å². The number of furan rings is 1. The Morgan fingerprint density at radius 3 is 2.63 bits per heavy atom. The van der Waals surface area contributed by atoms with Crippen LogP contribution in [0.4, 0.5) is 10.5 Å². The van der Waals surface area contributed by atoms with E-state index in [2.05, 4.69) is 15.0 Å². The lowest BCUT2D eigenvalue weighted by molar-refractivity contribution is 0.0776. The molecule has 1 N–H and O–H groups in total. The standard InChI is InChI=1S/C20H25N3O4/c1-22(14-16-6-5-13-27-16)19(24)17-7-3-4-8-18(17)23-11-9-15(10-12-23)21-20(25)26-2/h3-8,13,15H,9-12,14H2,1-2H3,(H,21,25). The number of para-hydroxylation sites is 1. The monoisotopic (exact) mass is 371 g/mol.